The number of hydrogen-bond acceptors (Lipinski definition) is 1. The zero-order chi connectivity index (χ0) is 13.7. The van der Waals surface area contributed by atoms with Gasteiger partial charge in [-0.15, -0.1) is 0 Å². The fourth-order valence-corrected chi connectivity index (χ4v) is 2.82. The van der Waals surface area contributed by atoms with Gasteiger partial charge >= 0.3 is 6.18 Å². The molecule has 1 N–H and O–H groups in total. The second-order valence-electron chi connectivity index (χ2n) is 5.46. The van der Waals surface area contributed by atoms with Gasteiger partial charge in [0.25, 0.3) is 0 Å². The minimum atomic E-state index is -4.26. The third-order valence-electron chi connectivity index (χ3n) is 3.58. The van der Waals surface area contributed by atoms with E-state index in [4.69, 9.17) is 0 Å². The van der Waals surface area contributed by atoms with Crippen LogP contribution in [0.2, 0.25) is 0 Å². The summed E-state index contributed by atoms with van der Waals surface area (Å²) in [7, 11) is 0. The number of rotatable bonds is 0. The van der Waals surface area contributed by atoms with E-state index in [2.05, 4.69) is 0 Å². The summed E-state index contributed by atoms with van der Waals surface area (Å²) in [6, 6.07) is 2.35. The fraction of sp³-hybridized carbons (Fsp3) is 0.538. The molecule has 0 bridgehead atoms. The van der Waals surface area contributed by atoms with Crippen LogP contribution in [0.15, 0.2) is 12.1 Å². The Balaban J connectivity index is 2.53. The molecule has 1 aliphatic carbocycles. The minimum absolute atomic E-state index is 0.138. The zero-order valence-corrected chi connectivity index (χ0v) is 10.1. The van der Waals surface area contributed by atoms with Crippen LogP contribution < -0.4 is 0 Å². The topological polar surface area (TPSA) is 20.2 Å². The van der Waals surface area contributed by atoms with E-state index in [1.165, 1.54) is 6.07 Å². The molecule has 0 saturated heterocycles. The van der Waals surface area contributed by atoms with Crippen LogP contribution >= 0.6 is 0 Å². The van der Waals surface area contributed by atoms with Gasteiger partial charge in [0.15, 0.2) is 11.6 Å². The van der Waals surface area contributed by atoms with Crippen LogP contribution in [-0.2, 0) is 11.8 Å². The third-order valence-corrected chi connectivity index (χ3v) is 3.58. The number of fused-ring (bicyclic) bond motifs is 1. The Morgan fingerprint density at radius 3 is 2.44 bits per heavy atom. The normalized spacial score (nSPS) is 22.7. The first-order chi connectivity index (χ1) is 8.13. The number of benzene rings is 1. The maximum Gasteiger partial charge on any atom is 0.392 e. The van der Waals surface area contributed by atoms with Gasteiger partial charge in [-0.05, 0) is 29.9 Å². The number of halogens is 4. The number of phenols is 1. The predicted octanol–water partition coefficient (Wildman–Crippen LogP) is 3.93. The summed E-state index contributed by atoms with van der Waals surface area (Å²) in [6.45, 7) is 3.20. The van der Waals surface area contributed by atoms with E-state index in [0.717, 1.165) is 6.07 Å². The number of alkyl halides is 3. The van der Waals surface area contributed by atoms with E-state index in [0.29, 0.717) is 11.1 Å². The van der Waals surface area contributed by atoms with Crippen molar-refractivity contribution in [3.63, 3.8) is 0 Å². The van der Waals surface area contributed by atoms with Crippen molar-refractivity contribution in [1.82, 2.24) is 0 Å². The molecule has 2 rings (SSSR count). The minimum Gasteiger partial charge on any atom is -0.505 e. The quantitative estimate of drug-likeness (QED) is 0.702. The van der Waals surface area contributed by atoms with Crippen LogP contribution in [0.3, 0.4) is 0 Å². The molecule has 18 heavy (non-hydrogen) atoms. The van der Waals surface area contributed by atoms with E-state index in [9.17, 15) is 22.7 Å². The Hall–Kier alpha value is -1.26. The van der Waals surface area contributed by atoms with Crippen molar-refractivity contribution in [2.75, 3.05) is 0 Å². The Labute approximate surface area is 102 Å². The van der Waals surface area contributed by atoms with E-state index < -0.39 is 29.1 Å². The van der Waals surface area contributed by atoms with E-state index >= 15 is 0 Å². The second kappa shape index (κ2) is 3.87. The molecule has 0 amide bonds. The van der Waals surface area contributed by atoms with Crippen molar-refractivity contribution in [2.24, 2.45) is 5.92 Å². The Kier molecular flexibility index (Phi) is 2.83. The summed E-state index contributed by atoms with van der Waals surface area (Å²) in [5.74, 6) is -2.74. The fourth-order valence-electron chi connectivity index (χ4n) is 2.82. The molecule has 1 aliphatic rings. The van der Waals surface area contributed by atoms with Gasteiger partial charge in [0.1, 0.15) is 0 Å². The van der Waals surface area contributed by atoms with Gasteiger partial charge in [-0.3, -0.25) is 0 Å². The molecule has 0 aliphatic heterocycles. The average Bonchev–Trinajstić information content (AvgIpc) is 2.20. The molecule has 1 nitrogen and oxygen atoms in total. The van der Waals surface area contributed by atoms with Crippen LogP contribution in [0.5, 0.6) is 5.75 Å². The molecule has 0 aromatic heterocycles. The molecule has 0 saturated carbocycles. The highest BCUT2D eigenvalue weighted by Gasteiger charge is 2.47. The number of aromatic hydroxyl groups is 1. The Morgan fingerprint density at radius 2 is 1.89 bits per heavy atom. The van der Waals surface area contributed by atoms with Gasteiger partial charge in [-0.25, -0.2) is 4.39 Å². The lowest BCUT2D eigenvalue weighted by Gasteiger charge is -2.38. The SMILES string of the molecule is CC1(C)CC(C(F)(F)F)Cc2ccc(F)c(O)c21. The largest absolute Gasteiger partial charge is 0.505 e. The molecule has 1 unspecified atom stereocenters. The molecule has 0 fully saturated rings. The van der Waals surface area contributed by atoms with Gasteiger partial charge in [0, 0.05) is 5.56 Å². The monoisotopic (exact) mass is 262 g/mol. The first-order valence-electron chi connectivity index (χ1n) is 5.70. The smallest absolute Gasteiger partial charge is 0.392 e. The van der Waals surface area contributed by atoms with Crippen LogP contribution in [0.1, 0.15) is 31.4 Å². The van der Waals surface area contributed by atoms with E-state index in [1.54, 1.807) is 13.8 Å². The maximum absolute atomic E-state index is 13.3. The van der Waals surface area contributed by atoms with Crippen LogP contribution in [-0.4, -0.2) is 11.3 Å². The van der Waals surface area contributed by atoms with Gasteiger partial charge in [0.05, 0.1) is 5.92 Å². The standard InChI is InChI=1S/C13H14F4O/c1-12(2)6-8(13(15,16)17)5-7-3-4-9(14)11(18)10(7)12/h3-4,8,18H,5-6H2,1-2H3. The highest BCUT2D eigenvalue weighted by Crippen LogP contribution is 2.48. The summed E-state index contributed by atoms with van der Waals surface area (Å²) in [6.07, 6.45) is -4.60. The number of phenolic OH excluding ortho intramolecular Hbond substituents is 1. The summed E-state index contributed by atoms with van der Waals surface area (Å²) in [5, 5.41) is 9.71. The van der Waals surface area contributed by atoms with Crippen molar-refractivity contribution in [2.45, 2.75) is 38.3 Å². The lowest BCUT2D eigenvalue weighted by Crippen LogP contribution is -2.37. The highest BCUT2D eigenvalue weighted by molar-refractivity contribution is 5.47. The Bertz CT molecular complexity index is 477. The molecular weight excluding hydrogens is 248 g/mol. The molecule has 1 atom stereocenters. The zero-order valence-electron chi connectivity index (χ0n) is 10.1. The summed E-state index contributed by atoms with van der Waals surface area (Å²) >= 11 is 0. The molecule has 5 heteroatoms. The average molecular weight is 262 g/mol. The predicted molar refractivity (Wildman–Crippen MR) is 59.0 cm³/mol. The van der Waals surface area contributed by atoms with Gasteiger partial charge in [0.2, 0.25) is 0 Å². The van der Waals surface area contributed by atoms with E-state index in [1.807, 2.05) is 0 Å². The van der Waals surface area contributed by atoms with Crippen molar-refractivity contribution in [1.29, 1.82) is 0 Å². The van der Waals surface area contributed by atoms with Crippen molar-refractivity contribution in [3.05, 3.63) is 29.1 Å². The molecule has 100 valence electrons. The molecular formula is C13H14F4O. The lowest BCUT2D eigenvalue weighted by molar-refractivity contribution is -0.181. The molecule has 1 aromatic rings. The van der Waals surface area contributed by atoms with Crippen molar-refractivity contribution < 1.29 is 22.7 Å². The first-order valence-corrected chi connectivity index (χ1v) is 5.70. The molecule has 1 aromatic carbocycles. The first kappa shape index (κ1) is 13.2. The van der Waals surface area contributed by atoms with Crippen molar-refractivity contribution >= 4 is 0 Å². The second-order valence-corrected chi connectivity index (χ2v) is 5.46. The summed E-state index contributed by atoms with van der Waals surface area (Å²) < 4.78 is 51.8. The third kappa shape index (κ3) is 2.06. The van der Waals surface area contributed by atoms with Gasteiger partial charge in [-0.2, -0.15) is 13.2 Å². The Morgan fingerprint density at radius 1 is 1.28 bits per heavy atom. The van der Waals surface area contributed by atoms with Crippen LogP contribution in [0.4, 0.5) is 17.6 Å². The lowest BCUT2D eigenvalue weighted by atomic mass is 9.68. The van der Waals surface area contributed by atoms with Crippen molar-refractivity contribution in [3.8, 4) is 5.75 Å². The summed E-state index contributed by atoms with van der Waals surface area (Å²) in [5.41, 5.74) is -0.199. The highest BCUT2D eigenvalue weighted by atomic mass is 19.4. The van der Waals surface area contributed by atoms with E-state index in [-0.39, 0.29) is 12.8 Å². The summed E-state index contributed by atoms with van der Waals surface area (Å²) in [4.78, 5) is 0. The van der Waals surface area contributed by atoms with Crippen LogP contribution in [0.25, 0.3) is 0 Å². The van der Waals surface area contributed by atoms with Crippen LogP contribution in [0, 0.1) is 11.7 Å². The molecule has 0 radical (unpaired) electrons. The van der Waals surface area contributed by atoms with Gasteiger partial charge < -0.3 is 5.11 Å². The maximum atomic E-state index is 13.3. The number of hydrogen-bond donors (Lipinski definition) is 1. The molecule has 0 heterocycles. The molecule has 0 spiro atoms. The van der Waals surface area contributed by atoms with Gasteiger partial charge in [-0.1, -0.05) is 19.9 Å².